The molecule has 0 amide bonds. The third-order valence-corrected chi connectivity index (χ3v) is 4.28. The first-order valence-corrected chi connectivity index (χ1v) is 8.15. The van der Waals surface area contributed by atoms with Crippen molar-refractivity contribution in [2.75, 3.05) is 0 Å². The van der Waals surface area contributed by atoms with Crippen LogP contribution in [0.5, 0.6) is 0 Å². The highest BCUT2D eigenvalue weighted by molar-refractivity contribution is 14.1. The van der Waals surface area contributed by atoms with Gasteiger partial charge in [0, 0.05) is 8.98 Å². The Morgan fingerprint density at radius 2 is 1.68 bits per heavy atom. The molecule has 0 N–H and O–H groups in total. The van der Waals surface area contributed by atoms with E-state index in [0.717, 1.165) is 14.7 Å². The molecule has 4 heteroatoms. The molecule has 19 heavy (non-hydrogen) atoms. The molecule has 1 nitrogen and oxygen atoms in total. The van der Waals surface area contributed by atoms with Crippen LogP contribution in [0.2, 0.25) is 0 Å². The number of halogens is 2. The highest BCUT2D eigenvalue weighted by atomic mass is 127. The molecule has 0 heterocycles. The molecule has 2 aromatic carbocycles. The molecule has 0 aliphatic carbocycles. The van der Waals surface area contributed by atoms with Crippen molar-refractivity contribution in [1.29, 1.82) is 0 Å². The van der Waals surface area contributed by atoms with E-state index in [-0.39, 0.29) is 5.82 Å². The summed E-state index contributed by atoms with van der Waals surface area (Å²) in [5.41, 5.74) is 1.89. The highest BCUT2D eigenvalue weighted by Gasteiger charge is 1.98. The smallest absolute Gasteiger partial charge is 0.123 e. The number of benzene rings is 2. The molecule has 0 saturated carbocycles. The van der Waals surface area contributed by atoms with E-state index in [1.54, 1.807) is 23.6 Å². The van der Waals surface area contributed by atoms with Crippen molar-refractivity contribution >= 4 is 39.5 Å². The monoisotopic (exact) mass is 386 g/mol. The summed E-state index contributed by atoms with van der Waals surface area (Å²) < 4.78 is 25.8. The zero-order chi connectivity index (χ0) is 13.7. The lowest BCUT2D eigenvalue weighted by molar-refractivity contribution is 0.628. The fourth-order valence-electron chi connectivity index (χ4n) is 1.52. The van der Waals surface area contributed by atoms with Crippen molar-refractivity contribution in [2.45, 2.75) is 5.75 Å². The van der Waals surface area contributed by atoms with Crippen LogP contribution in [-0.2, 0) is 16.6 Å². The number of rotatable bonds is 4. The minimum atomic E-state index is -1.06. The van der Waals surface area contributed by atoms with Gasteiger partial charge in [-0.15, -0.1) is 0 Å². The van der Waals surface area contributed by atoms with Crippen molar-refractivity contribution < 1.29 is 8.60 Å². The summed E-state index contributed by atoms with van der Waals surface area (Å²) in [5.74, 6) is 0.228. The summed E-state index contributed by atoms with van der Waals surface area (Å²) in [6.07, 6.45) is 1.75. The molecule has 2 aromatic rings. The van der Waals surface area contributed by atoms with Crippen LogP contribution in [0.15, 0.2) is 53.9 Å². The van der Waals surface area contributed by atoms with Crippen LogP contribution in [0.4, 0.5) is 4.39 Å². The van der Waals surface area contributed by atoms with Crippen LogP contribution in [-0.4, -0.2) is 4.21 Å². The maximum atomic E-state index is 12.7. The molecule has 0 bridgehead atoms. The molecule has 0 fully saturated rings. The standard InChI is InChI=1S/C15H12FIOS/c16-14-5-1-12(2-6-14)9-10-19(18)11-13-3-7-15(17)8-4-13/h1-10H,11H2/b10-9+. The Labute approximate surface area is 128 Å². The van der Waals surface area contributed by atoms with Gasteiger partial charge in [-0.2, -0.15) is 0 Å². The Morgan fingerprint density at radius 1 is 1.05 bits per heavy atom. The third kappa shape index (κ3) is 4.87. The molecular weight excluding hydrogens is 374 g/mol. The zero-order valence-electron chi connectivity index (χ0n) is 10.1. The molecule has 2 rings (SSSR count). The van der Waals surface area contributed by atoms with Crippen LogP contribution in [0.1, 0.15) is 11.1 Å². The van der Waals surface area contributed by atoms with E-state index in [1.165, 1.54) is 12.1 Å². The molecule has 1 unspecified atom stereocenters. The molecule has 98 valence electrons. The summed E-state index contributed by atoms with van der Waals surface area (Å²) in [7, 11) is -1.06. The normalized spacial score (nSPS) is 12.7. The van der Waals surface area contributed by atoms with Gasteiger partial charge >= 0.3 is 0 Å². The van der Waals surface area contributed by atoms with Gasteiger partial charge in [0.1, 0.15) is 5.82 Å². The highest BCUT2D eigenvalue weighted by Crippen LogP contribution is 2.10. The second kappa shape index (κ2) is 6.96. The minimum Gasteiger partial charge on any atom is -0.255 e. The Morgan fingerprint density at radius 3 is 2.32 bits per heavy atom. The maximum absolute atomic E-state index is 12.7. The minimum absolute atomic E-state index is 0.267. The van der Waals surface area contributed by atoms with Gasteiger partial charge in [-0.3, -0.25) is 4.21 Å². The quantitative estimate of drug-likeness (QED) is 0.715. The van der Waals surface area contributed by atoms with Gasteiger partial charge in [0.05, 0.1) is 16.6 Å². The molecule has 0 radical (unpaired) electrons. The van der Waals surface area contributed by atoms with Crippen LogP contribution in [0, 0.1) is 9.39 Å². The maximum Gasteiger partial charge on any atom is 0.123 e. The summed E-state index contributed by atoms with van der Waals surface area (Å²) in [4.78, 5) is 0. The van der Waals surface area contributed by atoms with Gasteiger partial charge in [0.25, 0.3) is 0 Å². The topological polar surface area (TPSA) is 17.1 Å². The van der Waals surface area contributed by atoms with Crippen LogP contribution in [0.3, 0.4) is 0 Å². The number of hydrogen-bond donors (Lipinski definition) is 0. The lowest BCUT2D eigenvalue weighted by Crippen LogP contribution is -1.91. The van der Waals surface area contributed by atoms with Gasteiger partial charge in [0.15, 0.2) is 0 Å². The molecule has 0 aromatic heterocycles. The molecular formula is C15H12FIOS. The third-order valence-electron chi connectivity index (χ3n) is 2.50. The van der Waals surface area contributed by atoms with Crippen LogP contribution >= 0.6 is 22.6 Å². The van der Waals surface area contributed by atoms with E-state index in [0.29, 0.717) is 5.75 Å². The Kier molecular flexibility index (Phi) is 5.27. The average Bonchev–Trinajstić information content (AvgIpc) is 2.41. The fourth-order valence-corrected chi connectivity index (χ4v) is 2.81. The van der Waals surface area contributed by atoms with E-state index in [1.807, 2.05) is 24.3 Å². The predicted molar refractivity (Wildman–Crippen MR) is 86.4 cm³/mol. The van der Waals surface area contributed by atoms with Crippen molar-refractivity contribution in [3.63, 3.8) is 0 Å². The van der Waals surface area contributed by atoms with Crippen molar-refractivity contribution in [3.8, 4) is 0 Å². The SMILES string of the molecule is O=S(/C=C/c1ccc(F)cc1)Cc1ccc(I)cc1. The van der Waals surface area contributed by atoms with Gasteiger partial charge in [-0.05, 0) is 64.1 Å². The molecule has 0 aliphatic rings. The van der Waals surface area contributed by atoms with E-state index in [4.69, 9.17) is 0 Å². The summed E-state index contributed by atoms with van der Waals surface area (Å²) in [6, 6.07) is 14.1. The lowest BCUT2D eigenvalue weighted by Gasteiger charge is -1.99. The summed E-state index contributed by atoms with van der Waals surface area (Å²) in [6.45, 7) is 0. The van der Waals surface area contributed by atoms with Crippen molar-refractivity contribution in [2.24, 2.45) is 0 Å². The van der Waals surface area contributed by atoms with Crippen molar-refractivity contribution in [1.82, 2.24) is 0 Å². The van der Waals surface area contributed by atoms with Gasteiger partial charge in [-0.25, -0.2) is 4.39 Å². The largest absolute Gasteiger partial charge is 0.255 e. The fraction of sp³-hybridized carbons (Fsp3) is 0.0667. The van der Waals surface area contributed by atoms with Gasteiger partial charge in [-0.1, -0.05) is 24.3 Å². The second-order valence-corrected chi connectivity index (χ2v) is 6.57. The second-order valence-electron chi connectivity index (χ2n) is 4.01. The first-order chi connectivity index (χ1) is 9.13. The molecule has 1 atom stereocenters. The number of hydrogen-bond acceptors (Lipinski definition) is 1. The summed E-state index contributed by atoms with van der Waals surface area (Å²) >= 11 is 2.24. The summed E-state index contributed by atoms with van der Waals surface area (Å²) in [5, 5.41) is 1.64. The van der Waals surface area contributed by atoms with Gasteiger partial charge in [0.2, 0.25) is 0 Å². The lowest BCUT2D eigenvalue weighted by atomic mass is 10.2. The zero-order valence-corrected chi connectivity index (χ0v) is 13.0. The Bertz CT molecular complexity index is 591. The Hall–Kier alpha value is -1.01. The Balaban J connectivity index is 1.97. The predicted octanol–water partition coefficient (Wildman–Crippen LogP) is 4.35. The van der Waals surface area contributed by atoms with Crippen LogP contribution in [0.25, 0.3) is 6.08 Å². The molecule has 0 aliphatic heterocycles. The molecule has 0 spiro atoms. The van der Waals surface area contributed by atoms with E-state index in [2.05, 4.69) is 22.6 Å². The van der Waals surface area contributed by atoms with Crippen molar-refractivity contribution in [3.05, 3.63) is 74.5 Å². The van der Waals surface area contributed by atoms with E-state index in [9.17, 15) is 8.60 Å². The van der Waals surface area contributed by atoms with E-state index < -0.39 is 10.8 Å². The average molecular weight is 386 g/mol. The molecule has 0 saturated heterocycles. The van der Waals surface area contributed by atoms with Crippen LogP contribution < -0.4 is 0 Å². The first kappa shape index (κ1) is 14.4. The van der Waals surface area contributed by atoms with Gasteiger partial charge < -0.3 is 0 Å². The van der Waals surface area contributed by atoms with E-state index >= 15 is 0 Å². The first-order valence-electron chi connectivity index (χ1n) is 5.69.